The van der Waals surface area contributed by atoms with Crippen molar-refractivity contribution >= 4 is 39.2 Å². The zero-order chi connectivity index (χ0) is 21.4. The summed E-state index contributed by atoms with van der Waals surface area (Å²) in [7, 11) is 0. The number of carbonyl (C=O) groups is 1. The Labute approximate surface area is 190 Å². The predicted molar refractivity (Wildman–Crippen MR) is 128 cm³/mol. The fraction of sp³-hybridized carbons (Fsp3) is 0.458. The first kappa shape index (κ1) is 20.8. The maximum atomic E-state index is 13.8. The highest BCUT2D eigenvalue weighted by Gasteiger charge is 2.27. The highest BCUT2D eigenvalue weighted by Crippen LogP contribution is 2.36. The molecule has 2 aliphatic rings. The summed E-state index contributed by atoms with van der Waals surface area (Å²) in [6.45, 7) is 3.60. The maximum absolute atomic E-state index is 13.8. The van der Waals surface area contributed by atoms with Crippen molar-refractivity contribution in [3.8, 4) is 5.69 Å². The summed E-state index contributed by atoms with van der Waals surface area (Å²) in [5, 5.41) is 1.11. The molecule has 0 N–H and O–H groups in total. The minimum atomic E-state index is -0.285. The van der Waals surface area contributed by atoms with Crippen molar-refractivity contribution in [1.29, 1.82) is 0 Å². The van der Waals surface area contributed by atoms with Crippen LogP contribution < -0.4 is 5.56 Å². The Morgan fingerprint density at radius 1 is 1.06 bits per heavy atom. The summed E-state index contributed by atoms with van der Waals surface area (Å²) < 4.78 is 1.72. The first-order valence-corrected chi connectivity index (χ1v) is 12.9. The molecular formula is C24H27N3O2S2. The third-order valence-corrected chi connectivity index (χ3v) is 8.50. The molecule has 0 bridgehead atoms. The Kier molecular flexibility index (Phi) is 5.89. The van der Waals surface area contributed by atoms with Crippen LogP contribution in [0.5, 0.6) is 0 Å². The fourth-order valence-electron chi connectivity index (χ4n) is 4.65. The van der Waals surface area contributed by atoms with E-state index in [4.69, 9.17) is 4.98 Å². The van der Waals surface area contributed by atoms with Crippen molar-refractivity contribution in [3.63, 3.8) is 0 Å². The molecular weight excluding hydrogens is 426 g/mol. The largest absolute Gasteiger partial charge is 0.342 e. The molecule has 3 heterocycles. The number of thioether (sulfide) groups is 1. The Bertz CT molecular complexity index is 1160. The van der Waals surface area contributed by atoms with Crippen LogP contribution in [0.15, 0.2) is 40.3 Å². The van der Waals surface area contributed by atoms with E-state index >= 15 is 0 Å². The number of rotatable bonds is 4. The Morgan fingerprint density at radius 2 is 1.81 bits per heavy atom. The van der Waals surface area contributed by atoms with Gasteiger partial charge in [0.05, 0.1) is 16.3 Å². The van der Waals surface area contributed by atoms with Crippen molar-refractivity contribution in [2.45, 2.75) is 62.3 Å². The maximum Gasteiger partial charge on any atom is 0.267 e. The Balaban J connectivity index is 1.59. The molecule has 1 aromatic carbocycles. The number of para-hydroxylation sites is 1. The van der Waals surface area contributed by atoms with Crippen molar-refractivity contribution < 1.29 is 4.79 Å². The molecule has 1 aliphatic heterocycles. The zero-order valence-corrected chi connectivity index (χ0v) is 19.4. The summed E-state index contributed by atoms with van der Waals surface area (Å²) >= 11 is 3.07. The van der Waals surface area contributed by atoms with Gasteiger partial charge in [-0.05, 0) is 69.6 Å². The number of benzene rings is 1. The summed E-state index contributed by atoms with van der Waals surface area (Å²) in [6, 6.07) is 9.70. The van der Waals surface area contributed by atoms with Crippen LogP contribution in [0.2, 0.25) is 0 Å². The molecule has 0 saturated carbocycles. The second-order valence-corrected chi connectivity index (χ2v) is 10.8. The number of piperidine rings is 1. The number of likely N-dealkylation sites (tertiary alicyclic amines) is 1. The van der Waals surface area contributed by atoms with Gasteiger partial charge >= 0.3 is 0 Å². The molecule has 3 aromatic rings. The second-order valence-electron chi connectivity index (χ2n) is 8.41. The number of amides is 1. The quantitative estimate of drug-likeness (QED) is 0.420. The van der Waals surface area contributed by atoms with Gasteiger partial charge in [-0.3, -0.25) is 14.2 Å². The van der Waals surface area contributed by atoms with E-state index in [1.54, 1.807) is 15.9 Å². The average molecular weight is 454 g/mol. The number of thiophene rings is 1. The average Bonchev–Trinajstić information content (AvgIpc) is 3.18. The van der Waals surface area contributed by atoms with Crippen LogP contribution in [-0.2, 0) is 17.6 Å². The SMILES string of the molecule is CC(Sc1nc2sc3c(c2c(=O)n1-c1ccccc1)CCCC3)C(=O)N1CCCCC1. The van der Waals surface area contributed by atoms with Gasteiger partial charge in [-0.25, -0.2) is 4.98 Å². The lowest BCUT2D eigenvalue weighted by molar-refractivity contribution is -0.131. The monoisotopic (exact) mass is 453 g/mol. The molecule has 1 aliphatic carbocycles. The number of nitrogens with zero attached hydrogens (tertiary/aromatic N) is 3. The summed E-state index contributed by atoms with van der Waals surface area (Å²) in [4.78, 5) is 35.9. The summed E-state index contributed by atoms with van der Waals surface area (Å²) in [5.74, 6) is 0.143. The molecule has 5 nitrogen and oxygen atoms in total. The molecule has 1 fully saturated rings. The number of carbonyl (C=O) groups excluding carboxylic acids is 1. The van der Waals surface area contributed by atoms with Gasteiger partial charge < -0.3 is 4.90 Å². The topological polar surface area (TPSA) is 55.2 Å². The minimum Gasteiger partial charge on any atom is -0.342 e. The minimum absolute atomic E-state index is 0.00396. The Hall–Kier alpha value is -2.12. The van der Waals surface area contributed by atoms with Crippen LogP contribution in [0.1, 0.15) is 49.5 Å². The lowest BCUT2D eigenvalue weighted by Gasteiger charge is -2.29. The molecule has 162 valence electrons. The van der Waals surface area contributed by atoms with Gasteiger partial charge in [0.2, 0.25) is 5.91 Å². The molecule has 0 radical (unpaired) electrons. The first-order valence-electron chi connectivity index (χ1n) is 11.2. The zero-order valence-electron chi connectivity index (χ0n) is 17.8. The molecule has 1 atom stereocenters. The van der Waals surface area contributed by atoms with E-state index in [-0.39, 0.29) is 16.7 Å². The molecule has 0 spiro atoms. The highest BCUT2D eigenvalue weighted by atomic mass is 32.2. The van der Waals surface area contributed by atoms with E-state index in [2.05, 4.69) is 0 Å². The van der Waals surface area contributed by atoms with E-state index in [0.29, 0.717) is 5.16 Å². The first-order chi connectivity index (χ1) is 15.1. The lowest BCUT2D eigenvalue weighted by Crippen LogP contribution is -2.40. The summed E-state index contributed by atoms with van der Waals surface area (Å²) in [5.41, 5.74) is 2.00. The van der Waals surface area contributed by atoms with Crippen LogP contribution in [0.3, 0.4) is 0 Å². The van der Waals surface area contributed by atoms with Crippen molar-refractivity contribution in [1.82, 2.24) is 14.5 Å². The molecule has 2 aromatic heterocycles. The van der Waals surface area contributed by atoms with Gasteiger partial charge in [0.1, 0.15) is 4.83 Å². The highest BCUT2D eigenvalue weighted by molar-refractivity contribution is 8.00. The van der Waals surface area contributed by atoms with Gasteiger partial charge in [-0.15, -0.1) is 11.3 Å². The predicted octanol–water partition coefficient (Wildman–Crippen LogP) is 4.82. The Morgan fingerprint density at radius 3 is 2.58 bits per heavy atom. The molecule has 7 heteroatoms. The third-order valence-electron chi connectivity index (χ3n) is 6.27. The van der Waals surface area contributed by atoms with Crippen LogP contribution in [-0.4, -0.2) is 38.7 Å². The number of aryl methyl sites for hydroxylation is 2. The third kappa shape index (κ3) is 3.94. The van der Waals surface area contributed by atoms with Crippen molar-refractivity contribution in [2.24, 2.45) is 0 Å². The van der Waals surface area contributed by atoms with E-state index in [1.165, 1.54) is 35.0 Å². The summed E-state index contributed by atoms with van der Waals surface area (Å²) in [6.07, 6.45) is 7.63. The molecule has 31 heavy (non-hydrogen) atoms. The van der Waals surface area contributed by atoms with E-state index in [9.17, 15) is 9.59 Å². The molecule has 1 saturated heterocycles. The van der Waals surface area contributed by atoms with E-state index in [0.717, 1.165) is 61.1 Å². The number of hydrogen-bond donors (Lipinski definition) is 0. The normalized spacial score (nSPS) is 17.5. The number of hydrogen-bond acceptors (Lipinski definition) is 5. The van der Waals surface area contributed by atoms with Crippen LogP contribution in [0, 0.1) is 0 Å². The van der Waals surface area contributed by atoms with Crippen molar-refractivity contribution in [3.05, 3.63) is 51.1 Å². The fourth-order valence-corrected chi connectivity index (χ4v) is 6.96. The number of fused-ring (bicyclic) bond motifs is 3. The van der Waals surface area contributed by atoms with E-state index in [1.807, 2.05) is 42.2 Å². The number of aromatic nitrogens is 2. The van der Waals surface area contributed by atoms with Crippen LogP contribution in [0.25, 0.3) is 15.9 Å². The van der Waals surface area contributed by atoms with E-state index < -0.39 is 0 Å². The smallest absolute Gasteiger partial charge is 0.267 e. The van der Waals surface area contributed by atoms with Gasteiger partial charge in [-0.2, -0.15) is 0 Å². The molecule has 5 rings (SSSR count). The van der Waals surface area contributed by atoms with Gasteiger partial charge in [0, 0.05) is 18.0 Å². The van der Waals surface area contributed by atoms with Gasteiger partial charge in [0.25, 0.3) is 5.56 Å². The van der Waals surface area contributed by atoms with Crippen LogP contribution in [0.4, 0.5) is 0 Å². The second kappa shape index (κ2) is 8.79. The van der Waals surface area contributed by atoms with Crippen molar-refractivity contribution in [2.75, 3.05) is 13.1 Å². The molecule has 1 amide bonds. The molecule has 1 unspecified atom stereocenters. The van der Waals surface area contributed by atoms with Gasteiger partial charge in [-0.1, -0.05) is 30.0 Å². The standard InChI is InChI=1S/C24H27N3O2S2/c1-16(22(28)26-14-8-3-9-15-26)30-24-25-21-20(18-12-6-7-13-19(18)31-21)23(29)27(24)17-10-4-2-5-11-17/h2,4-5,10-11,16H,3,6-9,12-15H2,1H3. The lowest BCUT2D eigenvalue weighted by atomic mass is 9.97. The van der Waals surface area contributed by atoms with Crippen LogP contribution >= 0.6 is 23.1 Å². The van der Waals surface area contributed by atoms with Gasteiger partial charge in [0.15, 0.2) is 5.16 Å².